The van der Waals surface area contributed by atoms with E-state index >= 15 is 0 Å². The van der Waals surface area contributed by atoms with Crippen LogP contribution in [0.5, 0.6) is 0 Å². The third-order valence-corrected chi connectivity index (χ3v) is 4.00. The Balaban J connectivity index is 1.88. The Morgan fingerprint density at radius 2 is 2.10 bits per heavy atom. The van der Waals surface area contributed by atoms with Crippen LogP contribution >= 0.6 is 0 Å². The molecule has 0 radical (unpaired) electrons. The molecule has 0 aromatic carbocycles. The number of rotatable bonds is 6. The highest BCUT2D eigenvalue weighted by molar-refractivity contribution is 5.20. The summed E-state index contributed by atoms with van der Waals surface area (Å²) in [6, 6.07) is 2.23. The molecule has 114 valence electrons. The van der Waals surface area contributed by atoms with Crippen molar-refractivity contribution in [1.29, 1.82) is 0 Å². The van der Waals surface area contributed by atoms with Crippen LogP contribution in [0.15, 0.2) is 10.5 Å². The standard InChI is InChI=1S/C16H29N3O/c1-4-6-17-12-16-11-15(14(2)20-16)13-19-8-5-7-18(3)9-10-19/h11,17H,4-10,12-13H2,1-3H3. The van der Waals surface area contributed by atoms with Crippen molar-refractivity contribution in [2.24, 2.45) is 0 Å². The molecule has 2 rings (SSSR count). The van der Waals surface area contributed by atoms with Crippen LogP contribution in [-0.2, 0) is 13.1 Å². The first-order valence-electron chi connectivity index (χ1n) is 7.89. The zero-order chi connectivity index (χ0) is 14.4. The van der Waals surface area contributed by atoms with E-state index in [-0.39, 0.29) is 0 Å². The van der Waals surface area contributed by atoms with Crippen LogP contribution in [0.1, 0.15) is 36.8 Å². The monoisotopic (exact) mass is 279 g/mol. The minimum Gasteiger partial charge on any atom is -0.465 e. The Kier molecular flexibility index (Phi) is 6.07. The SMILES string of the molecule is CCCNCc1cc(CN2CCCN(C)CC2)c(C)o1. The van der Waals surface area contributed by atoms with Crippen LogP contribution in [0.25, 0.3) is 0 Å². The predicted molar refractivity (Wildman–Crippen MR) is 82.8 cm³/mol. The van der Waals surface area contributed by atoms with Gasteiger partial charge in [-0.15, -0.1) is 0 Å². The third kappa shape index (κ3) is 4.62. The fraction of sp³-hybridized carbons (Fsp3) is 0.750. The van der Waals surface area contributed by atoms with Gasteiger partial charge in [0.1, 0.15) is 11.5 Å². The quantitative estimate of drug-likeness (QED) is 0.809. The molecule has 2 heterocycles. The number of furan rings is 1. The molecule has 0 aliphatic carbocycles. The molecule has 0 amide bonds. The molecule has 4 heteroatoms. The van der Waals surface area contributed by atoms with Gasteiger partial charge in [0, 0.05) is 25.2 Å². The summed E-state index contributed by atoms with van der Waals surface area (Å²) in [6.45, 7) is 11.9. The summed E-state index contributed by atoms with van der Waals surface area (Å²) in [5.74, 6) is 2.15. The van der Waals surface area contributed by atoms with Gasteiger partial charge in [-0.2, -0.15) is 0 Å². The van der Waals surface area contributed by atoms with Gasteiger partial charge in [0.25, 0.3) is 0 Å². The van der Waals surface area contributed by atoms with Crippen LogP contribution in [0.2, 0.25) is 0 Å². The molecule has 20 heavy (non-hydrogen) atoms. The Morgan fingerprint density at radius 1 is 1.25 bits per heavy atom. The van der Waals surface area contributed by atoms with Crippen molar-refractivity contribution in [1.82, 2.24) is 15.1 Å². The number of nitrogens with one attached hydrogen (secondary N) is 1. The summed E-state index contributed by atoms with van der Waals surface area (Å²) in [5, 5.41) is 3.40. The Labute approximate surface area is 123 Å². The number of nitrogens with zero attached hydrogens (tertiary/aromatic N) is 2. The fourth-order valence-electron chi connectivity index (χ4n) is 2.72. The Bertz CT molecular complexity index is 402. The van der Waals surface area contributed by atoms with Gasteiger partial charge in [0.05, 0.1) is 6.54 Å². The molecule has 1 fully saturated rings. The van der Waals surface area contributed by atoms with Gasteiger partial charge in [-0.3, -0.25) is 4.90 Å². The van der Waals surface area contributed by atoms with Crippen molar-refractivity contribution >= 4 is 0 Å². The van der Waals surface area contributed by atoms with E-state index in [1.807, 2.05) is 0 Å². The second kappa shape index (κ2) is 7.81. The minimum atomic E-state index is 0.845. The lowest BCUT2D eigenvalue weighted by atomic mass is 10.2. The van der Waals surface area contributed by atoms with E-state index in [2.05, 4.69) is 42.1 Å². The van der Waals surface area contributed by atoms with E-state index in [1.165, 1.54) is 31.6 Å². The molecule has 1 aromatic rings. The van der Waals surface area contributed by atoms with Gasteiger partial charge in [0.2, 0.25) is 0 Å². The van der Waals surface area contributed by atoms with E-state index in [0.29, 0.717) is 0 Å². The molecule has 1 N–H and O–H groups in total. The zero-order valence-corrected chi connectivity index (χ0v) is 13.2. The van der Waals surface area contributed by atoms with Gasteiger partial charge in [-0.1, -0.05) is 6.92 Å². The molecule has 1 saturated heterocycles. The molecule has 0 atom stereocenters. The number of hydrogen-bond donors (Lipinski definition) is 1. The van der Waals surface area contributed by atoms with E-state index in [9.17, 15) is 0 Å². The van der Waals surface area contributed by atoms with Crippen molar-refractivity contribution in [2.45, 2.75) is 39.8 Å². The normalized spacial score (nSPS) is 18.4. The highest BCUT2D eigenvalue weighted by Crippen LogP contribution is 2.17. The van der Waals surface area contributed by atoms with Gasteiger partial charge < -0.3 is 14.6 Å². The van der Waals surface area contributed by atoms with E-state index < -0.39 is 0 Å². The first kappa shape index (κ1) is 15.5. The second-order valence-electron chi connectivity index (χ2n) is 5.90. The van der Waals surface area contributed by atoms with Crippen LogP contribution in [0, 0.1) is 6.92 Å². The predicted octanol–water partition coefficient (Wildman–Crippen LogP) is 2.23. The van der Waals surface area contributed by atoms with Crippen molar-refractivity contribution in [2.75, 3.05) is 39.8 Å². The number of likely N-dealkylation sites (N-methyl/N-ethyl adjacent to an activating group) is 1. The number of hydrogen-bond acceptors (Lipinski definition) is 4. The third-order valence-electron chi connectivity index (χ3n) is 4.00. The van der Waals surface area contributed by atoms with Gasteiger partial charge in [-0.05, 0) is 52.5 Å². The molecule has 0 bridgehead atoms. The fourth-order valence-corrected chi connectivity index (χ4v) is 2.72. The summed E-state index contributed by atoms with van der Waals surface area (Å²) in [7, 11) is 2.21. The number of aryl methyl sites for hydroxylation is 1. The highest BCUT2D eigenvalue weighted by atomic mass is 16.3. The Morgan fingerprint density at radius 3 is 2.90 bits per heavy atom. The molecular weight excluding hydrogens is 250 g/mol. The van der Waals surface area contributed by atoms with Crippen LogP contribution < -0.4 is 5.32 Å². The van der Waals surface area contributed by atoms with Gasteiger partial charge in [0.15, 0.2) is 0 Å². The van der Waals surface area contributed by atoms with Gasteiger partial charge >= 0.3 is 0 Å². The van der Waals surface area contributed by atoms with Crippen LogP contribution in [-0.4, -0.2) is 49.6 Å². The molecular formula is C16H29N3O. The van der Waals surface area contributed by atoms with E-state index in [1.54, 1.807) is 0 Å². The summed E-state index contributed by atoms with van der Waals surface area (Å²) < 4.78 is 5.86. The van der Waals surface area contributed by atoms with Crippen molar-refractivity contribution in [3.63, 3.8) is 0 Å². The lowest BCUT2D eigenvalue weighted by Gasteiger charge is -2.19. The largest absolute Gasteiger partial charge is 0.465 e. The minimum absolute atomic E-state index is 0.845. The van der Waals surface area contributed by atoms with Crippen LogP contribution in [0.4, 0.5) is 0 Å². The zero-order valence-electron chi connectivity index (χ0n) is 13.2. The maximum absolute atomic E-state index is 5.86. The van der Waals surface area contributed by atoms with Crippen molar-refractivity contribution in [3.05, 3.63) is 23.2 Å². The molecule has 0 unspecified atom stereocenters. The van der Waals surface area contributed by atoms with E-state index in [4.69, 9.17) is 4.42 Å². The molecule has 1 aromatic heterocycles. The smallest absolute Gasteiger partial charge is 0.118 e. The lowest BCUT2D eigenvalue weighted by Crippen LogP contribution is -2.28. The highest BCUT2D eigenvalue weighted by Gasteiger charge is 2.15. The summed E-state index contributed by atoms with van der Waals surface area (Å²) >= 11 is 0. The molecule has 0 spiro atoms. The molecule has 4 nitrogen and oxygen atoms in total. The molecule has 1 aliphatic heterocycles. The molecule has 1 aliphatic rings. The second-order valence-corrected chi connectivity index (χ2v) is 5.90. The summed E-state index contributed by atoms with van der Waals surface area (Å²) in [6.07, 6.45) is 2.42. The summed E-state index contributed by atoms with van der Waals surface area (Å²) in [5.41, 5.74) is 1.35. The first-order chi connectivity index (χ1) is 9.69. The van der Waals surface area contributed by atoms with Crippen molar-refractivity contribution in [3.8, 4) is 0 Å². The first-order valence-corrected chi connectivity index (χ1v) is 7.89. The Hall–Kier alpha value is -0.840. The van der Waals surface area contributed by atoms with Crippen molar-refractivity contribution < 1.29 is 4.42 Å². The van der Waals surface area contributed by atoms with Crippen LogP contribution in [0.3, 0.4) is 0 Å². The van der Waals surface area contributed by atoms with Gasteiger partial charge in [-0.25, -0.2) is 0 Å². The average molecular weight is 279 g/mol. The maximum atomic E-state index is 5.86. The average Bonchev–Trinajstić information content (AvgIpc) is 2.63. The lowest BCUT2D eigenvalue weighted by molar-refractivity contribution is 0.267. The van der Waals surface area contributed by atoms with E-state index in [0.717, 1.165) is 44.1 Å². The molecule has 0 saturated carbocycles. The topological polar surface area (TPSA) is 31.6 Å². The summed E-state index contributed by atoms with van der Waals surface area (Å²) in [4.78, 5) is 4.97. The maximum Gasteiger partial charge on any atom is 0.118 e.